The molecule has 0 fully saturated rings. The quantitative estimate of drug-likeness (QED) is 0.851. The summed E-state index contributed by atoms with van der Waals surface area (Å²) in [6, 6.07) is 4.10. The summed E-state index contributed by atoms with van der Waals surface area (Å²) in [6.45, 7) is 5.54. The van der Waals surface area contributed by atoms with Crippen LogP contribution in [0.25, 0.3) is 0 Å². The molecule has 0 unspecified atom stereocenters. The predicted molar refractivity (Wildman–Crippen MR) is 76.3 cm³/mol. The Hall–Kier alpha value is -0.350. The lowest BCUT2D eigenvalue weighted by atomic mass is 9.86. The van der Waals surface area contributed by atoms with Crippen LogP contribution >= 0.6 is 31.9 Å². The molecule has 0 aliphatic heterocycles. The van der Waals surface area contributed by atoms with E-state index >= 15 is 0 Å². The number of carbonyl (C=O) groups is 1. The first-order chi connectivity index (χ1) is 7.74. The second-order valence-electron chi connectivity index (χ2n) is 4.88. The van der Waals surface area contributed by atoms with Crippen LogP contribution in [0.1, 0.15) is 31.4 Å². The van der Waals surface area contributed by atoms with Gasteiger partial charge < -0.3 is 5.11 Å². The van der Waals surface area contributed by atoms with Crippen LogP contribution in [-0.4, -0.2) is 11.1 Å². The Kier molecular flexibility index (Phi) is 4.78. The van der Waals surface area contributed by atoms with E-state index in [0.717, 1.165) is 26.5 Å². The van der Waals surface area contributed by atoms with E-state index in [0.29, 0.717) is 6.42 Å². The van der Waals surface area contributed by atoms with Gasteiger partial charge in [-0.25, -0.2) is 0 Å². The first-order valence-electron chi connectivity index (χ1n) is 5.42. The molecule has 0 aliphatic rings. The van der Waals surface area contributed by atoms with Gasteiger partial charge in [-0.3, -0.25) is 4.79 Å². The predicted octanol–water partition coefficient (Wildman–Crippen LogP) is 4.56. The third kappa shape index (κ3) is 3.81. The molecule has 1 N–H and O–H groups in total. The van der Waals surface area contributed by atoms with E-state index in [1.54, 1.807) is 13.8 Å². The molecule has 0 heterocycles. The molecule has 1 aromatic rings. The third-order valence-electron chi connectivity index (χ3n) is 2.93. The number of benzene rings is 1. The number of carboxylic acid groups (broad SMARTS) is 1. The number of aliphatic carboxylic acids is 1. The molecule has 0 saturated carbocycles. The van der Waals surface area contributed by atoms with Crippen molar-refractivity contribution in [2.24, 2.45) is 5.41 Å². The Morgan fingerprint density at radius 3 is 2.41 bits per heavy atom. The summed E-state index contributed by atoms with van der Waals surface area (Å²) in [5.74, 6) is -0.750. The minimum absolute atomic E-state index is 0.621. The molecule has 0 radical (unpaired) electrons. The SMILES string of the molecule is Cc1cc(Br)c(CCC(C)(C)C(=O)O)cc1Br. The summed E-state index contributed by atoms with van der Waals surface area (Å²) in [5, 5.41) is 9.07. The molecular formula is C13H16Br2O2. The van der Waals surface area contributed by atoms with Crippen LogP contribution in [0.15, 0.2) is 21.1 Å². The number of carboxylic acids is 1. The second kappa shape index (κ2) is 5.53. The molecule has 2 nitrogen and oxygen atoms in total. The van der Waals surface area contributed by atoms with Crippen LogP contribution < -0.4 is 0 Å². The van der Waals surface area contributed by atoms with Gasteiger partial charge in [0.2, 0.25) is 0 Å². The molecule has 0 saturated heterocycles. The van der Waals surface area contributed by atoms with E-state index in [1.165, 1.54) is 0 Å². The van der Waals surface area contributed by atoms with E-state index in [1.807, 2.05) is 13.0 Å². The zero-order valence-electron chi connectivity index (χ0n) is 10.2. The molecule has 4 heteroatoms. The van der Waals surface area contributed by atoms with Gasteiger partial charge in [-0.15, -0.1) is 0 Å². The van der Waals surface area contributed by atoms with Crippen molar-refractivity contribution in [3.05, 3.63) is 32.2 Å². The Morgan fingerprint density at radius 1 is 1.29 bits per heavy atom. The minimum Gasteiger partial charge on any atom is -0.481 e. The first-order valence-corrected chi connectivity index (χ1v) is 7.00. The number of rotatable bonds is 4. The van der Waals surface area contributed by atoms with Gasteiger partial charge in [0.05, 0.1) is 5.41 Å². The van der Waals surface area contributed by atoms with Crippen LogP contribution in [0.4, 0.5) is 0 Å². The van der Waals surface area contributed by atoms with Crippen molar-refractivity contribution in [2.45, 2.75) is 33.6 Å². The van der Waals surface area contributed by atoms with Gasteiger partial charge in [0.25, 0.3) is 0 Å². The normalized spacial score (nSPS) is 11.6. The molecule has 94 valence electrons. The van der Waals surface area contributed by atoms with Gasteiger partial charge in [-0.1, -0.05) is 31.9 Å². The average molecular weight is 364 g/mol. The zero-order chi connectivity index (χ0) is 13.2. The zero-order valence-corrected chi connectivity index (χ0v) is 13.4. The molecule has 0 aromatic heterocycles. The molecule has 17 heavy (non-hydrogen) atoms. The van der Waals surface area contributed by atoms with E-state index in [2.05, 4.69) is 37.9 Å². The van der Waals surface area contributed by atoms with Crippen molar-refractivity contribution in [3.8, 4) is 0 Å². The maximum absolute atomic E-state index is 11.0. The highest BCUT2D eigenvalue weighted by molar-refractivity contribution is 9.11. The molecule has 0 amide bonds. The smallest absolute Gasteiger partial charge is 0.309 e. The number of halogens is 2. The van der Waals surface area contributed by atoms with Crippen molar-refractivity contribution < 1.29 is 9.90 Å². The Balaban J connectivity index is 2.83. The number of hydrogen-bond acceptors (Lipinski definition) is 1. The summed E-state index contributed by atoms with van der Waals surface area (Å²) in [5.41, 5.74) is 1.62. The standard InChI is InChI=1S/C13H16Br2O2/c1-8-6-11(15)9(7-10(8)14)4-5-13(2,3)12(16)17/h6-7H,4-5H2,1-3H3,(H,16,17). The molecule has 1 rings (SSSR count). The molecule has 0 bridgehead atoms. The Morgan fingerprint density at radius 2 is 1.88 bits per heavy atom. The fraction of sp³-hybridized carbons (Fsp3) is 0.462. The van der Waals surface area contributed by atoms with E-state index in [4.69, 9.17) is 5.11 Å². The van der Waals surface area contributed by atoms with Crippen molar-refractivity contribution >= 4 is 37.8 Å². The van der Waals surface area contributed by atoms with Gasteiger partial charge in [0, 0.05) is 8.95 Å². The topological polar surface area (TPSA) is 37.3 Å². The van der Waals surface area contributed by atoms with E-state index in [-0.39, 0.29) is 0 Å². The van der Waals surface area contributed by atoms with Crippen molar-refractivity contribution in [1.82, 2.24) is 0 Å². The lowest BCUT2D eigenvalue weighted by Gasteiger charge is -2.19. The Bertz CT molecular complexity index is 439. The van der Waals surface area contributed by atoms with Crippen molar-refractivity contribution in [3.63, 3.8) is 0 Å². The van der Waals surface area contributed by atoms with Crippen LogP contribution in [0.2, 0.25) is 0 Å². The monoisotopic (exact) mass is 362 g/mol. The van der Waals surface area contributed by atoms with Gasteiger partial charge >= 0.3 is 5.97 Å². The Labute approximate surface area is 119 Å². The van der Waals surface area contributed by atoms with Crippen molar-refractivity contribution in [2.75, 3.05) is 0 Å². The maximum Gasteiger partial charge on any atom is 0.309 e. The lowest BCUT2D eigenvalue weighted by Crippen LogP contribution is -2.24. The summed E-state index contributed by atoms with van der Waals surface area (Å²) >= 11 is 7.01. The number of aryl methyl sites for hydroxylation is 2. The highest BCUT2D eigenvalue weighted by Crippen LogP contribution is 2.29. The van der Waals surface area contributed by atoms with Crippen LogP contribution in [0.5, 0.6) is 0 Å². The van der Waals surface area contributed by atoms with E-state index in [9.17, 15) is 4.79 Å². The first kappa shape index (κ1) is 14.7. The van der Waals surface area contributed by atoms with Gasteiger partial charge in [-0.05, 0) is 56.9 Å². The average Bonchev–Trinajstić information content (AvgIpc) is 2.21. The lowest BCUT2D eigenvalue weighted by molar-refractivity contribution is -0.147. The van der Waals surface area contributed by atoms with Crippen LogP contribution in [0.3, 0.4) is 0 Å². The van der Waals surface area contributed by atoms with Gasteiger partial charge in [0.15, 0.2) is 0 Å². The third-order valence-corrected chi connectivity index (χ3v) is 4.52. The van der Waals surface area contributed by atoms with Crippen LogP contribution in [-0.2, 0) is 11.2 Å². The van der Waals surface area contributed by atoms with Gasteiger partial charge in [0.1, 0.15) is 0 Å². The van der Waals surface area contributed by atoms with Crippen LogP contribution in [0, 0.1) is 12.3 Å². The molecule has 0 spiro atoms. The summed E-state index contributed by atoms with van der Waals surface area (Å²) < 4.78 is 2.10. The molecular weight excluding hydrogens is 348 g/mol. The maximum atomic E-state index is 11.0. The van der Waals surface area contributed by atoms with E-state index < -0.39 is 11.4 Å². The molecule has 0 aliphatic carbocycles. The number of hydrogen-bond donors (Lipinski definition) is 1. The highest BCUT2D eigenvalue weighted by Gasteiger charge is 2.26. The molecule has 0 atom stereocenters. The van der Waals surface area contributed by atoms with Crippen molar-refractivity contribution in [1.29, 1.82) is 0 Å². The largest absolute Gasteiger partial charge is 0.481 e. The highest BCUT2D eigenvalue weighted by atomic mass is 79.9. The molecule has 1 aromatic carbocycles. The summed E-state index contributed by atoms with van der Waals surface area (Å²) in [4.78, 5) is 11.0. The second-order valence-corrected chi connectivity index (χ2v) is 6.59. The van der Waals surface area contributed by atoms with Gasteiger partial charge in [-0.2, -0.15) is 0 Å². The minimum atomic E-state index is -0.750. The summed E-state index contributed by atoms with van der Waals surface area (Å²) in [7, 11) is 0. The fourth-order valence-electron chi connectivity index (χ4n) is 1.43. The fourth-order valence-corrected chi connectivity index (χ4v) is 2.48. The summed E-state index contributed by atoms with van der Waals surface area (Å²) in [6.07, 6.45) is 1.37.